The molecule has 0 heterocycles. The van der Waals surface area contributed by atoms with Crippen LogP contribution in [0.15, 0.2) is 18.2 Å². The summed E-state index contributed by atoms with van der Waals surface area (Å²) in [5.41, 5.74) is 0. The maximum absolute atomic E-state index is 2.99. The molecule has 1 aliphatic rings. The molecule has 0 unspecified atom stereocenters. The summed E-state index contributed by atoms with van der Waals surface area (Å²) < 4.78 is 0. The van der Waals surface area contributed by atoms with Gasteiger partial charge < -0.3 is 0 Å². The quantitative estimate of drug-likeness (QED) is 0.463. The molecule has 1 radical (unpaired) electrons. The summed E-state index contributed by atoms with van der Waals surface area (Å²) >= 11 is 0. The molecule has 0 bridgehead atoms. The van der Waals surface area contributed by atoms with Crippen LogP contribution in [-0.4, -0.2) is 8.80 Å². The predicted octanol–water partition coefficient (Wildman–Crippen LogP) is 3.94. The van der Waals surface area contributed by atoms with Crippen LogP contribution in [0, 0.1) is 6.08 Å². The van der Waals surface area contributed by atoms with Gasteiger partial charge in [-0.05, 0) is 0 Å². The SMILES string of the molecule is C[Si](C)C.Cl.Cl.Cl.[C-]1=CC=CC1.[Zr]. The van der Waals surface area contributed by atoms with Crippen molar-refractivity contribution in [3.05, 3.63) is 24.3 Å². The maximum atomic E-state index is 2.99. The molecule has 0 nitrogen and oxygen atoms in total. The molecule has 1 rings (SSSR count). The second-order valence-corrected chi connectivity index (χ2v) is 5.50. The van der Waals surface area contributed by atoms with Gasteiger partial charge in [-0.1, -0.05) is 19.6 Å². The molecule has 13 heavy (non-hydrogen) atoms. The fourth-order valence-electron chi connectivity index (χ4n) is 0.340. The molecular formula is C8H17Cl3SiZr-. The molecule has 0 aromatic rings. The smallest absolute Gasteiger partial charge is 0.0379 e. The van der Waals surface area contributed by atoms with Crippen molar-refractivity contribution in [3.8, 4) is 0 Å². The van der Waals surface area contributed by atoms with Gasteiger partial charge in [0.1, 0.15) is 0 Å². The van der Waals surface area contributed by atoms with Crippen molar-refractivity contribution in [3.63, 3.8) is 0 Å². The van der Waals surface area contributed by atoms with E-state index in [1.54, 1.807) is 0 Å². The van der Waals surface area contributed by atoms with Crippen LogP contribution in [0.4, 0.5) is 0 Å². The molecule has 0 fully saturated rings. The Morgan fingerprint density at radius 2 is 1.46 bits per heavy atom. The van der Waals surface area contributed by atoms with Crippen LogP contribution >= 0.6 is 37.2 Å². The zero-order valence-corrected chi connectivity index (χ0v) is 14.1. The van der Waals surface area contributed by atoms with Crippen LogP contribution in [0.3, 0.4) is 0 Å². The summed E-state index contributed by atoms with van der Waals surface area (Å²) in [5, 5.41) is 0. The monoisotopic (exact) mass is 336 g/mol. The van der Waals surface area contributed by atoms with Crippen LogP contribution in [0.5, 0.6) is 0 Å². The van der Waals surface area contributed by atoms with Crippen molar-refractivity contribution >= 4 is 46.0 Å². The van der Waals surface area contributed by atoms with Gasteiger partial charge >= 0.3 is 0 Å². The van der Waals surface area contributed by atoms with E-state index in [1.807, 2.05) is 12.2 Å². The minimum absolute atomic E-state index is 0. The van der Waals surface area contributed by atoms with Gasteiger partial charge in [-0.2, -0.15) is 6.08 Å². The first-order valence-corrected chi connectivity index (χ1v) is 6.22. The Kier molecular flexibility index (Phi) is 52.6. The first kappa shape index (κ1) is 29.3. The molecule has 0 N–H and O–H groups in total. The number of rotatable bonds is 0. The summed E-state index contributed by atoms with van der Waals surface area (Å²) in [6.45, 7) is 6.81. The number of halogens is 3. The Bertz CT molecular complexity index is 103. The summed E-state index contributed by atoms with van der Waals surface area (Å²) in [4.78, 5) is 0. The normalized spacial score (nSPS) is 9.54. The van der Waals surface area contributed by atoms with Crippen molar-refractivity contribution in [1.82, 2.24) is 0 Å². The van der Waals surface area contributed by atoms with E-state index >= 15 is 0 Å². The van der Waals surface area contributed by atoms with Gasteiger partial charge in [-0.3, -0.25) is 6.08 Å². The summed E-state index contributed by atoms with van der Waals surface area (Å²) in [6, 6.07) is 0. The van der Waals surface area contributed by atoms with Crippen LogP contribution in [0.2, 0.25) is 19.6 Å². The number of hydrogen-bond donors (Lipinski definition) is 0. The molecule has 5 heteroatoms. The Morgan fingerprint density at radius 1 is 1.08 bits per heavy atom. The zero-order chi connectivity index (χ0) is 7.11. The second kappa shape index (κ2) is 23.3. The third-order valence-electron chi connectivity index (χ3n) is 0.586. The molecule has 0 aromatic carbocycles. The summed E-state index contributed by atoms with van der Waals surface area (Å²) in [6.07, 6.45) is 10.0. The molecular weight excluding hydrogens is 322 g/mol. The van der Waals surface area contributed by atoms with Crippen molar-refractivity contribution in [2.45, 2.75) is 26.1 Å². The largest absolute Gasteiger partial charge is 0.273 e. The van der Waals surface area contributed by atoms with Gasteiger partial charge in [0, 0.05) is 35.0 Å². The third-order valence-corrected chi connectivity index (χ3v) is 0.586. The van der Waals surface area contributed by atoms with E-state index in [0.29, 0.717) is 0 Å². The van der Waals surface area contributed by atoms with E-state index in [1.165, 1.54) is 0 Å². The van der Waals surface area contributed by atoms with E-state index in [2.05, 4.69) is 31.8 Å². The Balaban J connectivity index is -0.0000000256. The van der Waals surface area contributed by atoms with Crippen molar-refractivity contribution in [2.75, 3.05) is 0 Å². The number of hydrogen-bond acceptors (Lipinski definition) is 0. The van der Waals surface area contributed by atoms with Crippen molar-refractivity contribution < 1.29 is 26.2 Å². The van der Waals surface area contributed by atoms with Crippen LogP contribution < -0.4 is 0 Å². The Morgan fingerprint density at radius 3 is 1.54 bits per heavy atom. The fourth-order valence-corrected chi connectivity index (χ4v) is 0.340. The molecule has 0 amide bonds. The van der Waals surface area contributed by atoms with E-state index in [4.69, 9.17) is 0 Å². The van der Waals surface area contributed by atoms with Crippen LogP contribution in [0.1, 0.15) is 6.42 Å². The molecule has 0 atom stereocenters. The number of allylic oxidation sites excluding steroid dienone is 4. The minimum Gasteiger partial charge on any atom is -0.273 e. The van der Waals surface area contributed by atoms with Crippen LogP contribution in [0.25, 0.3) is 0 Å². The molecule has 79 valence electrons. The van der Waals surface area contributed by atoms with E-state index in [9.17, 15) is 0 Å². The summed E-state index contributed by atoms with van der Waals surface area (Å²) in [5.74, 6) is 0. The van der Waals surface area contributed by atoms with Gasteiger partial charge in [0.05, 0.1) is 0 Å². The average molecular weight is 339 g/mol. The first-order valence-electron chi connectivity index (χ1n) is 3.22. The molecule has 0 saturated heterocycles. The zero-order valence-electron chi connectivity index (χ0n) is 8.16. The summed E-state index contributed by atoms with van der Waals surface area (Å²) in [7, 11) is 0.120. The van der Waals surface area contributed by atoms with Crippen molar-refractivity contribution in [2.24, 2.45) is 0 Å². The third kappa shape index (κ3) is 42.4. The molecule has 0 spiro atoms. The first-order chi connectivity index (χ1) is 4.23. The Hall–Kier alpha value is 1.45. The average Bonchev–Trinajstić information content (AvgIpc) is 2.11. The van der Waals surface area contributed by atoms with Gasteiger partial charge in [0.2, 0.25) is 0 Å². The second-order valence-electron chi connectivity index (χ2n) is 2.50. The van der Waals surface area contributed by atoms with E-state index in [0.717, 1.165) is 6.42 Å². The van der Waals surface area contributed by atoms with E-state index < -0.39 is 0 Å². The Labute approximate surface area is 122 Å². The predicted molar refractivity (Wildman–Crippen MR) is 66.7 cm³/mol. The standard InChI is InChI=1S/C5H5.C3H9Si.3ClH.Zr/c1-2-4-5-3-1;1-4(2)3;;;;/h1-3H,4H2;1-3H3;3*1H;/q-1;;;;;. The van der Waals surface area contributed by atoms with Gasteiger partial charge in [0.15, 0.2) is 0 Å². The van der Waals surface area contributed by atoms with Gasteiger partial charge in [-0.15, -0.1) is 43.6 Å². The van der Waals surface area contributed by atoms with Crippen molar-refractivity contribution in [1.29, 1.82) is 0 Å². The van der Waals surface area contributed by atoms with Crippen LogP contribution in [-0.2, 0) is 26.2 Å². The van der Waals surface area contributed by atoms with Gasteiger partial charge in [0.25, 0.3) is 0 Å². The molecule has 0 aliphatic heterocycles. The fraction of sp³-hybridized carbons (Fsp3) is 0.500. The topological polar surface area (TPSA) is 0 Å². The van der Waals surface area contributed by atoms with E-state index in [-0.39, 0.29) is 72.2 Å². The maximum Gasteiger partial charge on any atom is 0.0379 e. The molecule has 1 aliphatic carbocycles. The van der Waals surface area contributed by atoms with Gasteiger partial charge in [-0.25, -0.2) is 12.2 Å². The molecule has 0 saturated carbocycles. The minimum atomic E-state index is 0. The molecule has 0 aromatic heterocycles.